The van der Waals surface area contributed by atoms with Crippen molar-refractivity contribution in [3.05, 3.63) is 133 Å². The molecule has 0 bridgehead atoms. The predicted molar refractivity (Wildman–Crippen MR) is 174 cm³/mol. The summed E-state index contributed by atoms with van der Waals surface area (Å²) in [7, 11) is 0. The van der Waals surface area contributed by atoms with Crippen LogP contribution in [0.3, 0.4) is 0 Å². The van der Waals surface area contributed by atoms with Crippen molar-refractivity contribution in [3.8, 4) is 22.4 Å². The van der Waals surface area contributed by atoms with Gasteiger partial charge < -0.3 is 0 Å². The van der Waals surface area contributed by atoms with Crippen LogP contribution < -0.4 is 0 Å². The molecule has 42 heavy (non-hydrogen) atoms. The van der Waals surface area contributed by atoms with Gasteiger partial charge in [0, 0.05) is 27.1 Å². The maximum Gasteiger partial charge on any atom is 0.146 e. The van der Waals surface area contributed by atoms with Crippen molar-refractivity contribution < 1.29 is 0 Å². The first kappa shape index (κ1) is 22.0. The van der Waals surface area contributed by atoms with Gasteiger partial charge in [-0.05, 0) is 52.9 Å². The standard InChI is InChI=1S/C38H22N4/c1-2-9-23(10-3-1)36-37-30-21-24(17-20-28(30)32-15-8-16-35(40-36)42(32)37)25-18-19-27-26-11-4-5-12-29(26)38-39-31-13-6-7-14-33(31)41(38)34(27)22-25/h1-22H. The van der Waals surface area contributed by atoms with Crippen LogP contribution >= 0.6 is 0 Å². The largest absolute Gasteiger partial charge is 0.292 e. The maximum atomic E-state index is 5.08. The molecule has 5 aromatic heterocycles. The molecular formula is C38H22N4. The predicted octanol–water partition coefficient (Wildman–Crippen LogP) is 9.52. The van der Waals surface area contributed by atoms with E-state index >= 15 is 0 Å². The second-order valence-corrected chi connectivity index (χ2v) is 11.1. The Labute approximate surface area is 240 Å². The van der Waals surface area contributed by atoms with E-state index in [9.17, 15) is 0 Å². The average Bonchev–Trinajstić information content (AvgIpc) is 3.74. The number of imidazole rings is 2. The van der Waals surface area contributed by atoms with E-state index in [0.717, 1.165) is 39.1 Å². The SMILES string of the molecule is c1ccc(-c2nc3cccc4c5ccc(-c6ccc7c8ccccc8c8nc9ccccc9n8c7c6)cc5c2n34)cc1. The van der Waals surface area contributed by atoms with Crippen LogP contribution in [0, 0.1) is 0 Å². The molecule has 0 aliphatic rings. The van der Waals surface area contributed by atoms with E-state index < -0.39 is 0 Å². The summed E-state index contributed by atoms with van der Waals surface area (Å²) in [6.45, 7) is 0. The Morgan fingerprint density at radius 1 is 0.405 bits per heavy atom. The van der Waals surface area contributed by atoms with Crippen molar-refractivity contribution in [2.24, 2.45) is 0 Å². The summed E-state index contributed by atoms with van der Waals surface area (Å²) in [4.78, 5) is 10.1. The Morgan fingerprint density at radius 3 is 2.00 bits per heavy atom. The van der Waals surface area contributed by atoms with Gasteiger partial charge in [-0.1, -0.05) is 97.1 Å². The zero-order chi connectivity index (χ0) is 27.4. The van der Waals surface area contributed by atoms with Crippen LogP contribution in [0.2, 0.25) is 0 Å². The highest BCUT2D eigenvalue weighted by Crippen LogP contribution is 2.40. The van der Waals surface area contributed by atoms with Crippen molar-refractivity contribution in [2.45, 2.75) is 0 Å². The number of fused-ring (bicyclic) bond motifs is 11. The molecule has 5 aromatic carbocycles. The smallest absolute Gasteiger partial charge is 0.146 e. The van der Waals surface area contributed by atoms with Gasteiger partial charge in [0.15, 0.2) is 0 Å². The van der Waals surface area contributed by atoms with Crippen LogP contribution in [0.15, 0.2) is 133 Å². The van der Waals surface area contributed by atoms with Gasteiger partial charge in [-0.2, -0.15) is 0 Å². The van der Waals surface area contributed by atoms with E-state index in [0.29, 0.717) is 0 Å². The molecule has 0 N–H and O–H groups in total. The zero-order valence-electron chi connectivity index (χ0n) is 22.5. The van der Waals surface area contributed by atoms with E-state index in [1.807, 2.05) is 0 Å². The van der Waals surface area contributed by atoms with Crippen LogP contribution in [0.4, 0.5) is 0 Å². The van der Waals surface area contributed by atoms with E-state index in [1.54, 1.807) is 0 Å². The summed E-state index contributed by atoms with van der Waals surface area (Å²) >= 11 is 0. The monoisotopic (exact) mass is 534 g/mol. The molecule has 5 heterocycles. The highest BCUT2D eigenvalue weighted by Gasteiger charge is 2.20. The van der Waals surface area contributed by atoms with Gasteiger partial charge in [-0.15, -0.1) is 0 Å². The van der Waals surface area contributed by atoms with E-state index in [-0.39, 0.29) is 0 Å². The highest BCUT2D eigenvalue weighted by molar-refractivity contribution is 6.16. The first-order chi connectivity index (χ1) is 20.8. The van der Waals surface area contributed by atoms with Crippen LogP contribution in [0.5, 0.6) is 0 Å². The van der Waals surface area contributed by atoms with Gasteiger partial charge in [0.25, 0.3) is 0 Å². The Kier molecular flexibility index (Phi) is 4.15. The summed E-state index contributed by atoms with van der Waals surface area (Å²) in [6, 6.07) is 47.7. The fourth-order valence-electron chi connectivity index (χ4n) is 6.98. The molecule has 10 rings (SSSR count). The van der Waals surface area contributed by atoms with Crippen molar-refractivity contribution in [2.75, 3.05) is 0 Å². The van der Waals surface area contributed by atoms with Gasteiger partial charge >= 0.3 is 0 Å². The zero-order valence-corrected chi connectivity index (χ0v) is 22.5. The minimum Gasteiger partial charge on any atom is -0.292 e. The lowest BCUT2D eigenvalue weighted by atomic mass is 9.98. The lowest BCUT2D eigenvalue weighted by molar-refractivity contribution is 1.31. The molecule has 4 nitrogen and oxygen atoms in total. The minimum absolute atomic E-state index is 0.978. The van der Waals surface area contributed by atoms with Crippen molar-refractivity contribution >= 4 is 65.8 Å². The first-order valence-electron chi connectivity index (χ1n) is 14.3. The summed E-state index contributed by atoms with van der Waals surface area (Å²) in [5.74, 6) is 0. The van der Waals surface area contributed by atoms with Gasteiger partial charge in [0.2, 0.25) is 0 Å². The summed E-state index contributed by atoms with van der Waals surface area (Å²) in [5.41, 5.74) is 12.1. The third-order valence-electron chi connectivity index (χ3n) is 8.83. The summed E-state index contributed by atoms with van der Waals surface area (Å²) in [5, 5.41) is 6.08. The molecule has 0 fully saturated rings. The third-order valence-corrected chi connectivity index (χ3v) is 8.83. The lowest BCUT2D eigenvalue weighted by Gasteiger charge is -2.11. The van der Waals surface area contributed by atoms with Gasteiger partial charge in [-0.3, -0.25) is 8.80 Å². The topological polar surface area (TPSA) is 34.6 Å². The van der Waals surface area contributed by atoms with Crippen LogP contribution in [0.1, 0.15) is 0 Å². The number of aromatic nitrogens is 4. The fraction of sp³-hybridized carbons (Fsp3) is 0. The van der Waals surface area contributed by atoms with Crippen LogP contribution in [-0.2, 0) is 0 Å². The molecule has 0 atom stereocenters. The Hall–Kier alpha value is -5.74. The van der Waals surface area contributed by atoms with Crippen molar-refractivity contribution in [3.63, 3.8) is 0 Å². The Morgan fingerprint density at radius 2 is 1.12 bits per heavy atom. The van der Waals surface area contributed by atoms with Crippen molar-refractivity contribution in [1.82, 2.24) is 18.8 Å². The molecule has 0 radical (unpaired) electrons. The fourth-order valence-corrected chi connectivity index (χ4v) is 6.98. The molecule has 10 aromatic rings. The summed E-state index contributed by atoms with van der Waals surface area (Å²) in [6.07, 6.45) is 0. The molecule has 4 heteroatoms. The van der Waals surface area contributed by atoms with Crippen LogP contribution in [-0.4, -0.2) is 18.8 Å². The molecule has 0 spiro atoms. The van der Waals surface area contributed by atoms with Crippen LogP contribution in [0.25, 0.3) is 88.2 Å². The van der Waals surface area contributed by atoms with Gasteiger partial charge in [-0.25, -0.2) is 9.97 Å². The van der Waals surface area contributed by atoms with E-state index in [4.69, 9.17) is 9.97 Å². The molecule has 0 saturated carbocycles. The number of benzene rings is 5. The third kappa shape index (κ3) is 2.80. The molecular weight excluding hydrogens is 512 g/mol. The number of hydrogen-bond acceptors (Lipinski definition) is 2. The molecule has 0 aliphatic carbocycles. The second kappa shape index (κ2) is 7.93. The second-order valence-electron chi connectivity index (χ2n) is 11.1. The normalized spacial score (nSPS) is 12.3. The lowest BCUT2D eigenvalue weighted by Crippen LogP contribution is -1.92. The number of nitrogens with zero attached hydrogens (tertiary/aromatic N) is 4. The maximum absolute atomic E-state index is 5.08. The van der Waals surface area contributed by atoms with Gasteiger partial charge in [0.05, 0.1) is 33.3 Å². The molecule has 194 valence electrons. The minimum atomic E-state index is 0.978. The average molecular weight is 535 g/mol. The quantitative estimate of drug-likeness (QED) is 0.207. The Balaban J connectivity index is 1.29. The highest BCUT2D eigenvalue weighted by atomic mass is 15.0. The molecule has 0 amide bonds. The number of rotatable bonds is 2. The Bertz CT molecular complexity index is 2680. The van der Waals surface area contributed by atoms with E-state index in [1.165, 1.54) is 49.1 Å². The van der Waals surface area contributed by atoms with E-state index in [2.05, 4.69) is 142 Å². The van der Waals surface area contributed by atoms with Gasteiger partial charge in [0.1, 0.15) is 11.3 Å². The molecule has 0 saturated heterocycles. The molecule has 0 unspecified atom stereocenters. The summed E-state index contributed by atoms with van der Waals surface area (Å²) < 4.78 is 4.64. The van der Waals surface area contributed by atoms with Crippen molar-refractivity contribution in [1.29, 1.82) is 0 Å². The number of pyridine rings is 2. The molecule has 0 aliphatic heterocycles. The number of hydrogen-bond donors (Lipinski definition) is 0. The number of para-hydroxylation sites is 2. The first-order valence-corrected chi connectivity index (χ1v) is 14.3.